The standard InChI is InChI=1S/C19H14ClF2NOS/c20-14-3-1-13(2-4-14)18-6-5-17(25-18)10-19(24)23-11-12-7-15(21)9-16(22)8-12/h1-9H,10-11H2,(H,23,24). The van der Waals surface area contributed by atoms with E-state index < -0.39 is 11.6 Å². The van der Waals surface area contributed by atoms with Crippen LogP contribution >= 0.6 is 22.9 Å². The van der Waals surface area contributed by atoms with Gasteiger partial charge in [-0.15, -0.1) is 11.3 Å². The summed E-state index contributed by atoms with van der Waals surface area (Å²) in [4.78, 5) is 14.0. The minimum Gasteiger partial charge on any atom is -0.352 e. The first-order valence-corrected chi connectivity index (χ1v) is 8.75. The van der Waals surface area contributed by atoms with Crippen LogP contribution in [0.15, 0.2) is 54.6 Å². The van der Waals surface area contributed by atoms with Crippen LogP contribution in [0.2, 0.25) is 5.02 Å². The van der Waals surface area contributed by atoms with Crippen LogP contribution in [0.3, 0.4) is 0 Å². The van der Waals surface area contributed by atoms with Gasteiger partial charge in [0.15, 0.2) is 0 Å². The van der Waals surface area contributed by atoms with Crippen LogP contribution in [0.5, 0.6) is 0 Å². The molecule has 2 aromatic carbocycles. The Morgan fingerprint density at radius 3 is 2.36 bits per heavy atom. The minimum absolute atomic E-state index is 0.0862. The summed E-state index contributed by atoms with van der Waals surface area (Å²) in [5.74, 6) is -1.51. The third kappa shape index (κ3) is 4.87. The normalized spacial score (nSPS) is 10.7. The summed E-state index contributed by atoms with van der Waals surface area (Å²) < 4.78 is 26.3. The van der Waals surface area contributed by atoms with Crippen molar-refractivity contribution in [1.82, 2.24) is 5.32 Å². The van der Waals surface area contributed by atoms with E-state index in [-0.39, 0.29) is 18.9 Å². The van der Waals surface area contributed by atoms with Gasteiger partial charge in [-0.25, -0.2) is 8.78 Å². The third-order valence-electron chi connectivity index (χ3n) is 3.54. The highest BCUT2D eigenvalue weighted by molar-refractivity contribution is 7.15. The molecule has 0 aliphatic heterocycles. The van der Waals surface area contributed by atoms with E-state index in [1.165, 1.54) is 23.5 Å². The van der Waals surface area contributed by atoms with E-state index in [9.17, 15) is 13.6 Å². The fraction of sp³-hybridized carbons (Fsp3) is 0.105. The molecule has 6 heteroatoms. The SMILES string of the molecule is O=C(Cc1ccc(-c2ccc(Cl)cc2)s1)NCc1cc(F)cc(F)c1. The number of hydrogen-bond donors (Lipinski definition) is 1. The highest BCUT2D eigenvalue weighted by Crippen LogP contribution is 2.29. The van der Waals surface area contributed by atoms with Crippen LogP contribution in [-0.4, -0.2) is 5.91 Å². The first-order chi connectivity index (χ1) is 12.0. The Kier molecular flexibility index (Phi) is 5.46. The molecule has 0 unspecified atom stereocenters. The number of amides is 1. The predicted octanol–water partition coefficient (Wildman–Crippen LogP) is 5.21. The lowest BCUT2D eigenvalue weighted by molar-refractivity contribution is -0.120. The molecule has 1 aromatic heterocycles. The Hall–Kier alpha value is -2.24. The maximum atomic E-state index is 13.1. The van der Waals surface area contributed by atoms with Gasteiger partial charge in [-0.1, -0.05) is 23.7 Å². The van der Waals surface area contributed by atoms with E-state index >= 15 is 0 Å². The van der Waals surface area contributed by atoms with Gasteiger partial charge in [0.05, 0.1) is 6.42 Å². The molecule has 25 heavy (non-hydrogen) atoms. The Balaban J connectivity index is 1.59. The van der Waals surface area contributed by atoms with Gasteiger partial charge in [-0.2, -0.15) is 0 Å². The number of rotatable bonds is 5. The monoisotopic (exact) mass is 377 g/mol. The van der Waals surface area contributed by atoms with Crippen molar-refractivity contribution in [2.75, 3.05) is 0 Å². The molecule has 3 rings (SSSR count). The number of nitrogens with one attached hydrogen (secondary N) is 1. The van der Waals surface area contributed by atoms with Crippen molar-refractivity contribution in [2.45, 2.75) is 13.0 Å². The molecule has 1 heterocycles. The van der Waals surface area contributed by atoms with Crippen LogP contribution in [0.25, 0.3) is 10.4 Å². The average molecular weight is 378 g/mol. The summed E-state index contributed by atoms with van der Waals surface area (Å²) in [6.07, 6.45) is 0.218. The lowest BCUT2D eigenvalue weighted by Gasteiger charge is -2.05. The van der Waals surface area contributed by atoms with Crippen LogP contribution in [0, 0.1) is 11.6 Å². The van der Waals surface area contributed by atoms with Gasteiger partial charge in [-0.3, -0.25) is 4.79 Å². The topological polar surface area (TPSA) is 29.1 Å². The smallest absolute Gasteiger partial charge is 0.225 e. The fourth-order valence-corrected chi connectivity index (χ4v) is 3.51. The summed E-state index contributed by atoms with van der Waals surface area (Å²) >= 11 is 7.40. The fourth-order valence-electron chi connectivity index (χ4n) is 2.38. The number of halogens is 3. The van der Waals surface area contributed by atoms with Crippen molar-refractivity contribution in [3.8, 4) is 10.4 Å². The second kappa shape index (κ2) is 7.76. The molecular formula is C19H14ClF2NOS. The van der Waals surface area contributed by atoms with Crippen molar-refractivity contribution >= 4 is 28.8 Å². The highest BCUT2D eigenvalue weighted by Gasteiger charge is 2.08. The third-order valence-corrected chi connectivity index (χ3v) is 4.92. The number of carbonyl (C=O) groups is 1. The van der Waals surface area contributed by atoms with Gasteiger partial charge in [-0.05, 0) is 47.5 Å². The molecule has 0 spiro atoms. The van der Waals surface area contributed by atoms with E-state index in [0.717, 1.165) is 21.4 Å². The van der Waals surface area contributed by atoms with Gasteiger partial charge in [0.1, 0.15) is 11.6 Å². The van der Waals surface area contributed by atoms with E-state index in [4.69, 9.17) is 11.6 Å². The van der Waals surface area contributed by atoms with Gasteiger partial charge in [0.25, 0.3) is 0 Å². The molecule has 0 bridgehead atoms. The van der Waals surface area contributed by atoms with E-state index in [1.807, 2.05) is 36.4 Å². The summed E-state index contributed by atoms with van der Waals surface area (Å²) in [7, 11) is 0. The number of thiophene rings is 1. The summed E-state index contributed by atoms with van der Waals surface area (Å²) in [6.45, 7) is 0.0862. The van der Waals surface area contributed by atoms with Crippen LogP contribution in [-0.2, 0) is 17.8 Å². The van der Waals surface area contributed by atoms with Gasteiger partial charge < -0.3 is 5.32 Å². The maximum absolute atomic E-state index is 13.1. The molecule has 0 atom stereocenters. The molecule has 0 radical (unpaired) electrons. The maximum Gasteiger partial charge on any atom is 0.225 e. The van der Waals surface area contributed by atoms with Crippen molar-refractivity contribution in [3.63, 3.8) is 0 Å². The number of benzene rings is 2. The lowest BCUT2D eigenvalue weighted by Crippen LogP contribution is -2.24. The molecule has 1 N–H and O–H groups in total. The molecule has 3 aromatic rings. The second-order valence-corrected chi connectivity index (χ2v) is 7.11. The molecular weight excluding hydrogens is 364 g/mol. The molecule has 0 fully saturated rings. The van der Waals surface area contributed by atoms with E-state index in [2.05, 4.69) is 5.32 Å². The first kappa shape index (κ1) is 17.6. The van der Waals surface area contributed by atoms with Crippen molar-refractivity contribution in [2.24, 2.45) is 0 Å². The lowest BCUT2D eigenvalue weighted by atomic mass is 10.2. The molecule has 0 saturated heterocycles. The quantitative estimate of drug-likeness (QED) is 0.650. The summed E-state index contributed by atoms with van der Waals surface area (Å²) in [5, 5.41) is 3.35. The zero-order valence-electron chi connectivity index (χ0n) is 13.1. The second-order valence-electron chi connectivity index (χ2n) is 5.50. The van der Waals surface area contributed by atoms with E-state index in [0.29, 0.717) is 10.6 Å². The molecule has 0 saturated carbocycles. The zero-order valence-corrected chi connectivity index (χ0v) is 14.6. The Bertz CT molecular complexity index is 872. The van der Waals surface area contributed by atoms with Crippen LogP contribution in [0.1, 0.15) is 10.4 Å². The van der Waals surface area contributed by atoms with Crippen LogP contribution < -0.4 is 5.32 Å². The van der Waals surface area contributed by atoms with Crippen molar-refractivity contribution in [1.29, 1.82) is 0 Å². The molecule has 1 amide bonds. The summed E-state index contributed by atoms with van der Waals surface area (Å²) in [5.41, 5.74) is 1.43. The number of hydrogen-bond acceptors (Lipinski definition) is 2. The highest BCUT2D eigenvalue weighted by atomic mass is 35.5. The predicted molar refractivity (Wildman–Crippen MR) is 96.7 cm³/mol. The molecule has 2 nitrogen and oxygen atoms in total. The Labute approximate surface area is 153 Å². The summed E-state index contributed by atoms with van der Waals surface area (Å²) in [6, 6.07) is 14.6. The zero-order chi connectivity index (χ0) is 17.8. The minimum atomic E-state index is -0.657. The van der Waals surface area contributed by atoms with Crippen molar-refractivity contribution in [3.05, 3.63) is 81.7 Å². The number of carbonyl (C=O) groups excluding carboxylic acids is 1. The van der Waals surface area contributed by atoms with Gasteiger partial charge in [0, 0.05) is 27.4 Å². The Morgan fingerprint density at radius 2 is 1.68 bits per heavy atom. The molecule has 0 aliphatic carbocycles. The van der Waals surface area contributed by atoms with E-state index in [1.54, 1.807) is 0 Å². The largest absolute Gasteiger partial charge is 0.352 e. The molecule has 0 aliphatic rings. The van der Waals surface area contributed by atoms with Gasteiger partial charge in [0.2, 0.25) is 5.91 Å². The van der Waals surface area contributed by atoms with Crippen LogP contribution in [0.4, 0.5) is 8.78 Å². The van der Waals surface area contributed by atoms with Crippen molar-refractivity contribution < 1.29 is 13.6 Å². The van der Waals surface area contributed by atoms with Gasteiger partial charge >= 0.3 is 0 Å². The first-order valence-electron chi connectivity index (χ1n) is 7.56. The average Bonchev–Trinajstić information content (AvgIpc) is 3.01. The Morgan fingerprint density at radius 1 is 1.00 bits per heavy atom. The molecule has 128 valence electrons.